The van der Waals surface area contributed by atoms with Gasteiger partial charge in [-0.3, -0.25) is 0 Å². The fraction of sp³-hybridized carbons (Fsp3) is 0.304. The third-order valence-electron chi connectivity index (χ3n) is 5.80. The van der Waals surface area contributed by atoms with Crippen LogP contribution in [0.3, 0.4) is 0 Å². The molecule has 0 saturated carbocycles. The van der Waals surface area contributed by atoms with Gasteiger partial charge in [0.15, 0.2) is 5.65 Å². The van der Waals surface area contributed by atoms with Crippen molar-refractivity contribution in [1.29, 1.82) is 0 Å². The van der Waals surface area contributed by atoms with Gasteiger partial charge in [-0.05, 0) is 37.6 Å². The molecule has 3 heterocycles. The molecule has 8 nitrogen and oxygen atoms in total. The van der Waals surface area contributed by atoms with Gasteiger partial charge in [-0.25, -0.2) is 14.2 Å². The zero-order valence-corrected chi connectivity index (χ0v) is 18.7. The van der Waals surface area contributed by atoms with Gasteiger partial charge in [-0.2, -0.15) is 0 Å². The molecule has 0 unspecified atom stereocenters. The number of hydrogen-bond acceptors (Lipinski definition) is 6. The first kappa shape index (κ1) is 20.5. The van der Waals surface area contributed by atoms with E-state index in [0.29, 0.717) is 24.7 Å². The van der Waals surface area contributed by atoms with Gasteiger partial charge >= 0.3 is 6.09 Å². The third kappa shape index (κ3) is 3.71. The van der Waals surface area contributed by atoms with Crippen molar-refractivity contribution in [3.8, 4) is 0 Å². The van der Waals surface area contributed by atoms with Crippen molar-refractivity contribution in [2.24, 2.45) is 0 Å². The van der Waals surface area contributed by atoms with Crippen molar-refractivity contribution in [3.63, 3.8) is 0 Å². The molecule has 1 aliphatic rings. The molecule has 1 aliphatic heterocycles. The Morgan fingerprint density at radius 1 is 1.16 bits per heavy atom. The van der Waals surface area contributed by atoms with Crippen molar-refractivity contribution in [1.82, 2.24) is 24.5 Å². The molecule has 4 aromatic rings. The van der Waals surface area contributed by atoms with Gasteiger partial charge in [-0.15, -0.1) is 10.2 Å². The lowest BCUT2D eigenvalue weighted by atomic mass is 10.2. The summed E-state index contributed by atoms with van der Waals surface area (Å²) in [5, 5.41) is 10.2. The van der Waals surface area contributed by atoms with Crippen molar-refractivity contribution < 1.29 is 9.53 Å². The molecule has 0 N–H and O–H groups in total. The third-order valence-corrected chi connectivity index (χ3v) is 6.03. The molecule has 2 aromatic heterocycles. The number of anilines is 1. The molecule has 164 valence electrons. The standard InChI is InChI=1S/C23H23ClN6O2/c1-15-13-28(10-11-29(15)23(31)32-14-17-6-4-3-5-7-17)22-25-20-12-18(24)8-9-19(20)21-27-26-16(2)30(21)22/h3-9,12,15H,10-11,13-14H2,1-2H3/t15-/m0/s1. The highest BCUT2D eigenvalue weighted by Gasteiger charge is 2.31. The summed E-state index contributed by atoms with van der Waals surface area (Å²) in [6.45, 7) is 5.97. The molecule has 0 bridgehead atoms. The molecule has 0 aliphatic carbocycles. The number of aromatic nitrogens is 4. The number of halogens is 1. The predicted octanol–water partition coefficient (Wildman–Crippen LogP) is 4.09. The number of carbonyl (C=O) groups is 1. The Kier molecular flexibility index (Phi) is 5.30. The average molecular weight is 451 g/mol. The largest absolute Gasteiger partial charge is 0.445 e. The first-order valence-corrected chi connectivity index (χ1v) is 10.9. The number of hydrogen-bond donors (Lipinski definition) is 0. The van der Waals surface area contributed by atoms with Crippen LogP contribution in [-0.2, 0) is 11.3 Å². The van der Waals surface area contributed by atoms with Crippen LogP contribution in [0.2, 0.25) is 5.02 Å². The quantitative estimate of drug-likeness (QED) is 0.468. The molecule has 1 atom stereocenters. The first-order valence-electron chi connectivity index (χ1n) is 10.5. The summed E-state index contributed by atoms with van der Waals surface area (Å²) < 4.78 is 7.50. The van der Waals surface area contributed by atoms with E-state index < -0.39 is 0 Å². The van der Waals surface area contributed by atoms with Crippen LogP contribution in [0.5, 0.6) is 0 Å². The van der Waals surface area contributed by atoms with Crippen molar-refractivity contribution >= 4 is 40.2 Å². The van der Waals surface area contributed by atoms with Crippen LogP contribution in [0.15, 0.2) is 48.5 Å². The second-order valence-corrected chi connectivity index (χ2v) is 8.44. The molecule has 2 aromatic carbocycles. The van der Waals surface area contributed by atoms with Gasteiger partial charge in [0.1, 0.15) is 12.4 Å². The summed E-state index contributed by atoms with van der Waals surface area (Å²) in [4.78, 5) is 21.5. The fourth-order valence-electron chi connectivity index (χ4n) is 4.15. The van der Waals surface area contributed by atoms with Gasteiger partial charge in [0.25, 0.3) is 0 Å². The van der Waals surface area contributed by atoms with E-state index >= 15 is 0 Å². The van der Waals surface area contributed by atoms with E-state index in [1.165, 1.54) is 0 Å². The van der Waals surface area contributed by atoms with E-state index in [1.54, 1.807) is 4.90 Å². The summed E-state index contributed by atoms with van der Waals surface area (Å²) in [7, 11) is 0. The maximum Gasteiger partial charge on any atom is 0.410 e. The SMILES string of the molecule is Cc1nnc2c3ccc(Cl)cc3nc(N3CCN(C(=O)OCc4ccccc4)[C@@H](C)C3)n12. The summed E-state index contributed by atoms with van der Waals surface area (Å²) in [5.74, 6) is 1.51. The van der Waals surface area contributed by atoms with Crippen LogP contribution >= 0.6 is 11.6 Å². The van der Waals surface area contributed by atoms with Crippen molar-refractivity contribution in [3.05, 3.63) is 64.9 Å². The molecular formula is C23H23ClN6O2. The van der Waals surface area contributed by atoms with E-state index in [9.17, 15) is 4.79 Å². The zero-order valence-electron chi connectivity index (χ0n) is 17.9. The normalized spacial score (nSPS) is 16.7. The first-order chi connectivity index (χ1) is 15.5. The fourth-order valence-corrected chi connectivity index (χ4v) is 4.31. The van der Waals surface area contributed by atoms with E-state index in [0.717, 1.165) is 33.9 Å². The number of aryl methyl sites for hydroxylation is 1. The monoisotopic (exact) mass is 450 g/mol. The van der Waals surface area contributed by atoms with E-state index in [-0.39, 0.29) is 18.7 Å². The van der Waals surface area contributed by atoms with E-state index in [1.807, 2.05) is 66.8 Å². The second-order valence-electron chi connectivity index (χ2n) is 8.01. The van der Waals surface area contributed by atoms with Crippen LogP contribution in [0.25, 0.3) is 16.6 Å². The highest BCUT2D eigenvalue weighted by Crippen LogP contribution is 2.27. The molecule has 1 fully saturated rings. The van der Waals surface area contributed by atoms with Crippen LogP contribution in [0, 0.1) is 6.92 Å². The minimum absolute atomic E-state index is 0.0456. The Bertz CT molecular complexity index is 1290. The maximum atomic E-state index is 12.7. The summed E-state index contributed by atoms with van der Waals surface area (Å²) in [5.41, 5.74) is 2.48. The topological polar surface area (TPSA) is 75.9 Å². The smallest absolute Gasteiger partial charge is 0.410 e. The number of benzene rings is 2. The molecule has 5 rings (SSSR count). The Morgan fingerprint density at radius 2 is 1.97 bits per heavy atom. The van der Waals surface area contributed by atoms with Crippen LogP contribution in [0.4, 0.5) is 10.7 Å². The molecule has 0 spiro atoms. The Labute approximate surface area is 190 Å². The van der Waals surface area contributed by atoms with Gasteiger partial charge in [-0.1, -0.05) is 41.9 Å². The summed E-state index contributed by atoms with van der Waals surface area (Å²) in [6.07, 6.45) is -0.301. The van der Waals surface area contributed by atoms with Crippen LogP contribution in [0.1, 0.15) is 18.3 Å². The maximum absolute atomic E-state index is 12.7. The van der Waals surface area contributed by atoms with Gasteiger partial charge in [0.2, 0.25) is 5.95 Å². The molecule has 32 heavy (non-hydrogen) atoms. The number of nitrogens with zero attached hydrogens (tertiary/aromatic N) is 6. The Morgan fingerprint density at radius 3 is 2.75 bits per heavy atom. The highest BCUT2D eigenvalue weighted by molar-refractivity contribution is 6.31. The van der Waals surface area contributed by atoms with E-state index in [2.05, 4.69) is 15.1 Å². The second kappa shape index (κ2) is 8.27. The number of fused-ring (bicyclic) bond motifs is 3. The van der Waals surface area contributed by atoms with Crippen molar-refractivity contribution in [2.75, 3.05) is 24.5 Å². The molecule has 1 saturated heterocycles. The van der Waals surface area contributed by atoms with Crippen molar-refractivity contribution in [2.45, 2.75) is 26.5 Å². The number of amides is 1. The number of carbonyl (C=O) groups excluding carboxylic acids is 1. The van der Waals surface area contributed by atoms with Gasteiger partial charge in [0.05, 0.1) is 5.52 Å². The molecule has 9 heteroatoms. The summed E-state index contributed by atoms with van der Waals surface area (Å²) in [6, 6.07) is 15.2. The van der Waals surface area contributed by atoms with Gasteiger partial charge < -0.3 is 14.5 Å². The number of piperazine rings is 1. The highest BCUT2D eigenvalue weighted by atomic mass is 35.5. The average Bonchev–Trinajstić information content (AvgIpc) is 3.19. The van der Waals surface area contributed by atoms with Crippen LogP contribution < -0.4 is 4.90 Å². The van der Waals surface area contributed by atoms with E-state index in [4.69, 9.17) is 21.3 Å². The number of rotatable bonds is 3. The molecular weight excluding hydrogens is 428 g/mol. The molecule has 1 amide bonds. The molecule has 0 radical (unpaired) electrons. The Balaban J connectivity index is 1.38. The lowest BCUT2D eigenvalue weighted by Crippen LogP contribution is -2.54. The minimum atomic E-state index is -0.301. The number of ether oxygens (including phenoxy) is 1. The Hall–Kier alpha value is -3.39. The summed E-state index contributed by atoms with van der Waals surface area (Å²) >= 11 is 6.21. The zero-order chi connectivity index (χ0) is 22.2. The van der Waals surface area contributed by atoms with Crippen LogP contribution in [-0.4, -0.2) is 56.3 Å². The predicted molar refractivity (Wildman–Crippen MR) is 123 cm³/mol. The lowest BCUT2D eigenvalue weighted by Gasteiger charge is -2.39. The lowest BCUT2D eigenvalue weighted by molar-refractivity contribution is 0.0793. The minimum Gasteiger partial charge on any atom is -0.445 e. The van der Waals surface area contributed by atoms with Gasteiger partial charge in [0, 0.05) is 36.1 Å².